The van der Waals surface area contributed by atoms with Crippen LogP contribution in [0.1, 0.15) is 26.3 Å². The number of carbonyl (C=O) groups excluding carboxylic acids is 1. The number of nitrogen functional groups attached to an aromatic ring is 1. The maximum atomic E-state index is 12.1. The molecule has 0 atom stereocenters. The SMILES string of the molecule is Cc1cc(N)ccc1S(=O)(=O)NCC(=O)NC(C)(C)C. The average molecular weight is 299 g/mol. The number of nitrogens with two attached hydrogens (primary N) is 1. The van der Waals surface area contributed by atoms with Gasteiger partial charge < -0.3 is 11.1 Å². The van der Waals surface area contributed by atoms with Crippen LogP contribution in [0, 0.1) is 6.92 Å². The summed E-state index contributed by atoms with van der Waals surface area (Å²) >= 11 is 0. The fourth-order valence-electron chi connectivity index (χ4n) is 1.67. The number of benzene rings is 1. The van der Waals surface area contributed by atoms with Crippen molar-refractivity contribution >= 4 is 21.6 Å². The Balaban J connectivity index is 2.78. The first kappa shape index (κ1) is 16.5. The van der Waals surface area contributed by atoms with Gasteiger partial charge in [0.2, 0.25) is 15.9 Å². The molecule has 7 heteroatoms. The van der Waals surface area contributed by atoms with E-state index in [1.54, 1.807) is 13.0 Å². The van der Waals surface area contributed by atoms with Gasteiger partial charge in [0, 0.05) is 11.2 Å². The number of amides is 1. The van der Waals surface area contributed by atoms with E-state index in [0.29, 0.717) is 11.3 Å². The highest BCUT2D eigenvalue weighted by molar-refractivity contribution is 7.89. The van der Waals surface area contributed by atoms with Gasteiger partial charge >= 0.3 is 0 Å². The molecule has 0 spiro atoms. The second-order valence-electron chi connectivity index (χ2n) is 5.65. The van der Waals surface area contributed by atoms with Crippen LogP contribution in [0.4, 0.5) is 5.69 Å². The maximum absolute atomic E-state index is 12.1. The normalized spacial score (nSPS) is 12.2. The van der Waals surface area contributed by atoms with Crippen LogP contribution >= 0.6 is 0 Å². The zero-order valence-electron chi connectivity index (χ0n) is 12.1. The van der Waals surface area contributed by atoms with Crippen LogP contribution in [0.3, 0.4) is 0 Å². The van der Waals surface area contributed by atoms with Crippen molar-refractivity contribution in [2.45, 2.75) is 38.1 Å². The first-order valence-electron chi connectivity index (χ1n) is 6.18. The molecular weight excluding hydrogens is 278 g/mol. The summed E-state index contributed by atoms with van der Waals surface area (Å²) in [6.07, 6.45) is 0. The lowest BCUT2D eigenvalue weighted by Crippen LogP contribution is -2.45. The molecule has 112 valence electrons. The minimum atomic E-state index is -3.72. The molecule has 1 aromatic rings. The van der Waals surface area contributed by atoms with Crippen LogP contribution in [-0.4, -0.2) is 26.4 Å². The molecule has 6 nitrogen and oxygen atoms in total. The Morgan fingerprint density at radius 3 is 2.40 bits per heavy atom. The molecule has 0 fully saturated rings. The van der Waals surface area contributed by atoms with E-state index in [2.05, 4.69) is 10.0 Å². The summed E-state index contributed by atoms with van der Waals surface area (Å²) in [5.41, 5.74) is 6.21. The monoisotopic (exact) mass is 299 g/mol. The van der Waals surface area contributed by atoms with Gasteiger partial charge in [0.1, 0.15) is 0 Å². The van der Waals surface area contributed by atoms with Gasteiger partial charge in [-0.1, -0.05) is 0 Å². The summed E-state index contributed by atoms with van der Waals surface area (Å²) in [4.78, 5) is 11.7. The Bertz CT molecular complexity index is 604. The second kappa shape index (κ2) is 5.80. The summed E-state index contributed by atoms with van der Waals surface area (Å²) < 4.78 is 26.5. The molecule has 0 aromatic heterocycles. The Kier molecular flexibility index (Phi) is 4.77. The highest BCUT2D eigenvalue weighted by Crippen LogP contribution is 2.17. The zero-order chi connectivity index (χ0) is 15.6. The van der Waals surface area contributed by atoms with Crippen LogP contribution in [0.2, 0.25) is 0 Å². The van der Waals surface area contributed by atoms with Crippen molar-refractivity contribution in [3.63, 3.8) is 0 Å². The molecule has 0 radical (unpaired) electrons. The summed E-state index contributed by atoms with van der Waals surface area (Å²) in [6, 6.07) is 4.51. The van der Waals surface area contributed by atoms with E-state index < -0.39 is 15.6 Å². The number of hydrogen-bond donors (Lipinski definition) is 3. The van der Waals surface area contributed by atoms with Crippen molar-refractivity contribution in [2.75, 3.05) is 12.3 Å². The predicted molar refractivity (Wildman–Crippen MR) is 78.7 cm³/mol. The first-order chi connectivity index (χ1) is 9.01. The van der Waals surface area contributed by atoms with Gasteiger partial charge in [-0.15, -0.1) is 0 Å². The molecule has 0 aliphatic heterocycles. The number of aryl methyl sites for hydroxylation is 1. The highest BCUT2D eigenvalue weighted by Gasteiger charge is 2.19. The van der Waals surface area contributed by atoms with Gasteiger partial charge in [-0.25, -0.2) is 13.1 Å². The van der Waals surface area contributed by atoms with Crippen LogP contribution in [0.25, 0.3) is 0 Å². The lowest BCUT2D eigenvalue weighted by atomic mass is 10.1. The van der Waals surface area contributed by atoms with Crippen molar-refractivity contribution in [3.05, 3.63) is 23.8 Å². The van der Waals surface area contributed by atoms with Crippen LogP contribution in [-0.2, 0) is 14.8 Å². The van der Waals surface area contributed by atoms with Gasteiger partial charge in [-0.2, -0.15) is 0 Å². The number of sulfonamides is 1. The fraction of sp³-hybridized carbons (Fsp3) is 0.462. The average Bonchev–Trinajstić information content (AvgIpc) is 2.23. The molecule has 0 aliphatic rings. The molecular formula is C13H21N3O3S. The number of nitrogens with one attached hydrogen (secondary N) is 2. The van der Waals surface area contributed by atoms with E-state index in [4.69, 9.17) is 5.73 Å². The van der Waals surface area contributed by atoms with Gasteiger partial charge in [-0.3, -0.25) is 4.79 Å². The van der Waals surface area contributed by atoms with Crippen LogP contribution in [0.5, 0.6) is 0 Å². The minimum Gasteiger partial charge on any atom is -0.399 e. The lowest BCUT2D eigenvalue weighted by Gasteiger charge is -2.20. The predicted octanol–water partition coefficient (Wildman–Crippen LogP) is 0.770. The third-order valence-corrected chi connectivity index (χ3v) is 3.99. The number of carbonyl (C=O) groups is 1. The van der Waals surface area contributed by atoms with Crippen LogP contribution in [0.15, 0.2) is 23.1 Å². The van der Waals surface area contributed by atoms with Crippen molar-refractivity contribution < 1.29 is 13.2 Å². The largest absolute Gasteiger partial charge is 0.399 e. The van der Waals surface area contributed by atoms with Crippen molar-refractivity contribution in [3.8, 4) is 0 Å². The number of anilines is 1. The molecule has 0 unspecified atom stereocenters. The number of hydrogen-bond acceptors (Lipinski definition) is 4. The number of rotatable bonds is 4. The molecule has 0 heterocycles. The molecule has 0 aliphatic carbocycles. The van der Waals surface area contributed by atoms with Crippen molar-refractivity contribution in [1.29, 1.82) is 0 Å². The van der Waals surface area contributed by atoms with E-state index in [0.717, 1.165) is 0 Å². The van der Waals surface area contributed by atoms with E-state index in [1.807, 2.05) is 20.8 Å². The standard InChI is InChI=1S/C13H21N3O3S/c1-9-7-10(14)5-6-11(9)20(18,19)15-8-12(17)16-13(2,3)4/h5-7,15H,8,14H2,1-4H3,(H,16,17). The second-order valence-corrected chi connectivity index (χ2v) is 7.38. The Morgan fingerprint density at radius 1 is 1.30 bits per heavy atom. The minimum absolute atomic E-state index is 0.121. The van der Waals surface area contributed by atoms with Crippen molar-refractivity contribution in [2.24, 2.45) is 0 Å². The Morgan fingerprint density at radius 2 is 1.90 bits per heavy atom. The van der Waals surface area contributed by atoms with E-state index in [-0.39, 0.29) is 17.3 Å². The third kappa shape index (κ3) is 4.82. The fourth-order valence-corrected chi connectivity index (χ4v) is 2.88. The quantitative estimate of drug-likeness (QED) is 0.715. The molecule has 4 N–H and O–H groups in total. The van der Waals surface area contributed by atoms with E-state index >= 15 is 0 Å². The molecule has 1 rings (SSSR count). The summed E-state index contributed by atoms with van der Waals surface area (Å²) in [5.74, 6) is -0.380. The zero-order valence-corrected chi connectivity index (χ0v) is 13.0. The molecule has 20 heavy (non-hydrogen) atoms. The molecule has 0 bridgehead atoms. The smallest absolute Gasteiger partial charge is 0.241 e. The summed E-state index contributed by atoms with van der Waals surface area (Å²) in [6.45, 7) is 6.82. The van der Waals surface area contributed by atoms with E-state index in [9.17, 15) is 13.2 Å². The summed E-state index contributed by atoms with van der Waals surface area (Å²) in [7, 11) is -3.72. The van der Waals surface area contributed by atoms with Gasteiger partial charge in [0.05, 0.1) is 11.4 Å². The topological polar surface area (TPSA) is 101 Å². The molecule has 1 aromatic carbocycles. The third-order valence-electron chi connectivity index (χ3n) is 2.43. The van der Waals surface area contributed by atoms with Crippen molar-refractivity contribution in [1.82, 2.24) is 10.0 Å². The first-order valence-corrected chi connectivity index (χ1v) is 7.66. The molecule has 0 saturated carbocycles. The highest BCUT2D eigenvalue weighted by atomic mass is 32.2. The molecule has 0 saturated heterocycles. The lowest BCUT2D eigenvalue weighted by molar-refractivity contribution is -0.121. The van der Waals surface area contributed by atoms with E-state index in [1.165, 1.54) is 12.1 Å². The van der Waals surface area contributed by atoms with Gasteiger partial charge in [0.15, 0.2) is 0 Å². The maximum Gasteiger partial charge on any atom is 0.241 e. The van der Waals surface area contributed by atoms with Gasteiger partial charge in [-0.05, 0) is 51.5 Å². The summed E-state index contributed by atoms with van der Waals surface area (Å²) in [5, 5.41) is 2.68. The molecule has 1 amide bonds. The Hall–Kier alpha value is -1.60. The Labute approximate surface area is 119 Å². The van der Waals surface area contributed by atoms with Crippen LogP contribution < -0.4 is 15.8 Å². The van der Waals surface area contributed by atoms with Gasteiger partial charge in [0.25, 0.3) is 0 Å².